The Morgan fingerprint density at radius 1 is 1.50 bits per heavy atom. The van der Waals surface area contributed by atoms with E-state index in [2.05, 4.69) is 10.3 Å². The Hall–Kier alpha value is -2.15. The highest BCUT2D eigenvalue weighted by molar-refractivity contribution is 7.18. The van der Waals surface area contributed by atoms with Crippen LogP contribution in [0.25, 0.3) is 0 Å². The summed E-state index contributed by atoms with van der Waals surface area (Å²) in [6.45, 7) is 0.507. The van der Waals surface area contributed by atoms with Crippen LogP contribution < -0.4 is 10.1 Å². The van der Waals surface area contributed by atoms with Gasteiger partial charge in [-0.1, -0.05) is 18.2 Å². The number of hydrogen-bond donors (Lipinski definition) is 1. The monoisotopic (exact) mass is 263 g/mol. The fraction of sp³-hybridized carbons (Fsp3) is 0.182. The number of thiazole rings is 1. The topological polar surface area (TPSA) is 77.3 Å². The maximum Gasteiger partial charge on any atom is 0.345 e. The van der Waals surface area contributed by atoms with Gasteiger partial charge in [-0.25, -0.2) is 4.98 Å². The molecule has 0 bridgehead atoms. The first-order chi connectivity index (χ1) is 8.74. The van der Waals surface area contributed by atoms with Crippen LogP contribution in [0.1, 0.15) is 11.6 Å². The number of hydrogen-bond acceptors (Lipinski definition) is 6. The van der Waals surface area contributed by atoms with Gasteiger partial charge < -0.3 is 10.1 Å². The van der Waals surface area contributed by atoms with Gasteiger partial charge in [-0.2, -0.15) is 0 Å². The van der Waals surface area contributed by atoms with Crippen LogP contribution in [0.15, 0.2) is 30.5 Å². The van der Waals surface area contributed by atoms with Gasteiger partial charge in [0.2, 0.25) is 0 Å². The predicted molar refractivity (Wildman–Crippen MR) is 67.1 cm³/mol. The highest BCUT2D eigenvalue weighted by Crippen LogP contribution is 2.35. The van der Waals surface area contributed by atoms with E-state index in [0.717, 1.165) is 22.6 Å². The zero-order valence-corrected chi connectivity index (χ0v) is 10.0. The molecule has 0 aliphatic carbocycles. The minimum absolute atomic E-state index is 0.00745. The Balaban J connectivity index is 1.80. The second kappa shape index (κ2) is 4.26. The average molecular weight is 263 g/mol. The molecule has 1 unspecified atom stereocenters. The molecule has 6 nitrogen and oxygen atoms in total. The van der Waals surface area contributed by atoms with E-state index in [1.807, 2.05) is 24.3 Å². The van der Waals surface area contributed by atoms with Crippen LogP contribution in [0.4, 0.5) is 10.1 Å². The van der Waals surface area contributed by atoms with Crippen molar-refractivity contribution in [2.75, 3.05) is 11.9 Å². The van der Waals surface area contributed by atoms with Crippen molar-refractivity contribution in [3.63, 3.8) is 0 Å². The molecule has 0 spiro atoms. The summed E-state index contributed by atoms with van der Waals surface area (Å²) in [7, 11) is 0. The van der Waals surface area contributed by atoms with Crippen molar-refractivity contribution < 1.29 is 9.66 Å². The van der Waals surface area contributed by atoms with Gasteiger partial charge in [-0.15, -0.1) is 0 Å². The molecule has 92 valence electrons. The summed E-state index contributed by atoms with van der Waals surface area (Å²) in [5, 5.41) is 14.3. The first-order valence-electron chi connectivity index (χ1n) is 5.32. The van der Waals surface area contributed by atoms with Crippen molar-refractivity contribution in [3.8, 4) is 5.75 Å². The van der Waals surface area contributed by atoms with Gasteiger partial charge in [-0.3, -0.25) is 10.1 Å². The molecule has 1 atom stereocenters. The lowest BCUT2D eigenvalue weighted by atomic mass is 10.1. The lowest BCUT2D eigenvalue weighted by Gasteiger charge is -2.09. The molecular weight excluding hydrogens is 254 g/mol. The first-order valence-corrected chi connectivity index (χ1v) is 6.14. The zero-order chi connectivity index (χ0) is 12.5. The van der Waals surface area contributed by atoms with Gasteiger partial charge in [-0.05, 0) is 17.4 Å². The van der Waals surface area contributed by atoms with E-state index in [1.165, 1.54) is 6.20 Å². The van der Waals surface area contributed by atoms with Crippen LogP contribution in [-0.2, 0) is 0 Å². The third-order valence-electron chi connectivity index (χ3n) is 2.67. The summed E-state index contributed by atoms with van der Waals surface area (Å²) in [6, 6.07) is 7.72. The van der Waals surface area contributed by atoms with Gasteiger partial charge in [0.15, 0.2) is 5.13 Å². The second-order valence-electron chi connectivity index (χ2n) is 3.81. The van der Waals surface area contributed by atoms with Gasteiger partial charge in [0.1, 0.15) is 18.6 Å². The molecule has 0 radical (unpaired) electrons. The number of fused-ring (bicyclic) bond motifs is 1. The minimum atomic E-state index is -0.443. The minimum Gasteiger partial charge on any atom is -0.491 e. The Labute approximate surface area is 106 Å². The maximum absolute atomic E-state index is 10.6. The van der Waals surface area contributed by atoms with E-state index in [4.69, 9.17) is 4.74 Å². The fourth-order valence-electron chi connectivity index (χ4n) is 1.85. The summed E-state index contributed by atoms with van der Waals surface area (Å²) in [6.07, 6.45) is 1.26. The quantitative estimate of drug-likeness (QED) is 0.680. The number of rotatable bonds is 3. The standard InChI is InChI=1S/C11H9N3O3S/c15-14(16)10-5-12-11(18-10)13-8-6-17-9-4-2-1-3-7(8)9/h1-5,8H,6H2,(H,12,13). The van der Waals surface area contributed by atoms with Crippen molar-refractivity contribution in [1.29, 1.82) is 0 Å². The Morgan fingerprint density at radius 3 is 3.11 bits per heavy atom. The van der Waals surface area contributed by atoms with Crippen molar-refractivity contribution in [3.05, 3.63) is 46.1 Å². The normalized spacial score (nSPS) is 17.0. The second-order valence-corrected chi connectivity index (χ2v) is 4.82. The molecule has 1 aromatic heterocycles. The molecular formula is C11H9N3O3S. The molecule has 7 heteroatoms. The summed E-state index contributed by atoms with van der Waals surface area (Å²) in [5.74, 6) is 0.848. The van der Waals surface area contributed by atoms with Crippen molar-refractivity contribution in [1.82, 2.24) is 4.98 Å². The fourth-order valence-corrected chi connectivity index (χ4v) is 2.53. The average Bonchev–Trinajstić information content (AvgIpc) is 2.98. The first kappa shape index (κ1) is 11.0. The van der Waals surface area contributed by atoms with Gasteiger partial charge >= 0.3 is 5.00 Å². The molecule has 1 aromatic carbocycles. The summed E-state index contributed by atoms with van der Waals surface area (Å²) < 4.78 is 5.52. The van der Waals surface area contributed by atoms with E-state index in [-0.39, 0.29) is 11.0 Å². The van der Waals surface area contributed by atoms with Crippen LogP contribution >= 0.6 is 11.3 Å². The number of aromatic nitrogens is 1. The van der Waals surface area contributed by atoms with Crippen LogP contribution in [0, 0.1) is 10.1 Å². The van der Waals surface area contributed by atoms with Crippen molar-refractivity contribution in [2.24, 2.45) is 0 Å². The largest absolute Gasteiger partial charge is 0.491 e. The SMILES string of the molecule is O=[N+]([O-])c1cnc(NC2COc3ccccc32)s1. The van der Waals surface area contributed by atoms with Crippen LogP contribution in [-0.4, -0.2) is 16.5 Å². The maximum atomic E-state index is 10.6. The molecule has 0 amide bonds. The molecule has 2 aromatic rings. The summed E-state index contributed by atoms with van der Waals surface area (Å²) in [4.78, 5) is 14.1. The van der Waals surface area contributed by atoms with E-state index < -0.39 is 4.92 Å². The number of anilines is 1. The molecule has 18 heavy (non-hydrogen) atoms. The smallest absolute Gasteiger partial charge is 0.345 e. The van der Waals surface area contributed by atoms with E-state index in [0.29, 0.717) is 11.7 Å². The van der Waals surface area contributed by atoms with Gasteiger partial charge in [0.25, 0.3) is 0 Å². The number of ether oxygens (including phenoxy) is 1. The summed E-state index contributed by atoms with van der Waals surface area (Å²) in [5.41, 5.74) is 1.05. The Morgan fingerprint density at radius 2 is 2.33 bits per heavy atom. The van der Waals surface area contributed by atoms with E-state index in [1.54, 1.807) is 0 Å². The molecule has 1 aliphatic rings. The Kier molecular flexibility index (Phi) is 2.60. The van der Waals surface area contributed by atoms with Gasteiger partial charge in [0, 0.05) is 5.56 Å². The molecule has 0 saturated carbocycles. The van der Waals surface area contributed by atoms with E-state index in [9.17, 15) is 10.1 Å². The third-order valence-corrected chi connectivity index (χ3v) is 3.55. The molecule has 0 fully saturated rings. The summed E-state index contributed by atoms with van der Waals surface area (Å²) >= 11 is 1.03. The molecule has 1 N–H and O–H groups in total. The Bertz CT molecular complexity index is 599. The lowest BCUT2D eigenvalue weighted by molar-refractivity contribution is -0.380. The highest BCUT2D eigenvalue weighted by Gasteiger charge is 2.24. The van der Waals surface area contributed by atoms with Gasteiger partial charge in [0.05, 0.1) is 11.0 Å². The van der Waals surface area contributed by atoms with Crippen LogP contribution in [0.2, 0.25) is 0 Å². The number of nitrogens with zero attached hydrogens (tertiary/aromatic N) is 2. The lowest BCUT2D eigenvalue weighted by Crippen LogP contribution is -2.11. The number of nitrogens with one attached hydrogen (secondary N) is 1. The number of para-hydroxylation sites is 1. The number of benzene rings is 1. The molecule has 1 aliphatic heterocycles. The van der Waals surface area contributed by atoms with Crippen molar-refractivity contribution in [2.45, 2.75) is 6.04 Å². The van der Waals surface area contributed by atoms with Crippen LogP contribution in [0.5, 0.6) is 5.75 Å². The highest BCUT2D eigenvalue weighted by atomic mass is 32.1. The van der Waals surface area contributed by atoms with Crippen molar-refractivity contribution >= 4 is 21.5 Å². The van der Waals surface area contributed by atoms with E-state index >= 15 is 0 Å². The molecule has 2 heterocycles. The number of nitro groups is 1. The molecule has 0 saturated heterocycles. The third kappa shape index (κ3) is 1.88. The molecule has 3 rings (SSSR count). The van der Waals surface area contributed by atoms with Crippen LogP contribution in [0.3, 0.4) is 0 Å². The predicted octanol–water partition coefficient (Wildman–Crippen LogP) is 2.60. The zero-order valence-electron chi connectivity index (χ0n) is 9.20.